The van der Waals surface area contributed by atoms with Crippen LogP contribution >= 0.6 is 23.1 Å². The molecule has 0 spiro atoms. The van der Waals surface area contributed by atoms with Gasteiger partial charge in [-0.05, 0) is 39.2 Å². The lowest BCUT2D eigenvalue weighted by molar-refractivity contribution is 0.466. The van der Waals surface area contributed by atoms with Crippen molar-refractivity contribution in [1.29, 1.82) is 0 Å². The van der Waals surface area contributed by atoms with E-state index in [2.05, 4.69) is 34.0 Å². The second-order valence-electron chi connectivity index (χ2n) is 5.64. The first-order valence-electron chi connectivity index (χ1n) is 7.31. The average molecular weight is 332 g/mol. The molecule has 7 heteroatoms. The summed E-state index contributed by atoms with van der Waals surface area (Å²) in [6.45, 7) is 6.20. The van der Waals surface area contributed by atoms with Crippen LogP contribution in [-0.2, 0) is 5.75 Å². The maximum atomic E-state index is 5.72. The Morgan fingerprint density at radius 2 is 2.00 bits per heavy atom. The van der Waals surface area contributed by atoms with Crippen LogP contribution in [-0.4, -0.2) is 20.2 Å². The Morgan fingerprint density at radius 1 is 1.18 bits per heavy atom. The molecule has 3 aromatic rings. The molecule has 0 aromatic carbocycles. The van der Waals surface area contributed by atoms with Crippen LogP contribution in [0.1, 0.15) is 46.8 Å². The van der Waals surface area contributed by atoms with Crippen LogP contribution in [0.5, 0.6) is 0 Å². The Morgan fingerprint density at radius 3 is 2.77 bits per heavy atom. The Bertz CT molecular complexity index is 851. The number of thiophene rings is 1. The molecule has 0 unspecified atom stereocenters. The van der Waals surface area contributed by atoms with E-state index >= 15 is 0 Å². The van der Waals surface area contributed by atoms with Crippen LogP contribution in [0.25, 0.3) is 10.2 Å². The zero-order valence-corrected chi connectivity index (χ0v) is 14.3. The van der Waals surface area contributed by atoms with E-state index in [1.54, 1.807) is 23.1 Å². The molecule has 114 valence electrons. The fourth-order valence-electron chi connectivity index (χ4n) is 2.37. The van der Waals surface area contributed by atoms with Crippen molar-refractivity contribution in [2.75, 3.05) is 0 Å². The largest absolute Gasteiger partial charge is 0.424 e. The number of hydrogen-bond acceptors (Lipinski definition) is 7. The topological polar surface area (TPSA) is 64.7 Å². The summed E-state index contributed by atoms with van der Waals surface area (Å²) in [5, 5.41) is 10.5. The van der Waals surface area contributed by atoms with E-state index in [4.69, 9.17) is 4.42 Å². The first-order chi connectivity index (χ1) is 10.6. The molecule has 0 N–H and O–H groups in total. The number of nitrogens with zero attached hydrogens (tertiary/aromatic N) is 4. The minimum atomic E-state index is 0.501. The summed E-state index contributed by atoms with van der Waals surface area (Å²) < 4.78 is 5.72. The van der Waals surface area contributed by atoms with Gasteiger partial charge < -0.3 is 4.42 Å². The van der Waals surface area contributed by atoms with Gasteiger partial charge in [0.25, 0.3) is 0 Å². The number of rotatable bonds is 4. The quantitative estimate of drug-likeness (QED) is 0.528. The van der Waals surface area contributed by atoms with Gasteiger partial charge in [0, 0.05) is 16.2 Å². The van der Waals surface area contributed by atoms with Crippen LogP contribution < -0.4 is 0 Å². The van der Waals surface area contributed by atoms with Crippen LogP contribution in [0.15, 0.2) is 9.44 Å². The van der Waals surface area contributed by atoms with Gasteiger partial charge in [-0.25, -0.2) is 9.97 Å². The van der Waals surface area contributed by atoms with Crippen LogP contribution in [0.2, 0.25) is 0 Å². The SMILES string of the molecule is Cc1nc(SCc2nnc(C3CC3)o2)c2c(C)c(C)sc2n1. The van der Waals surface area contributed by atoms with Gasteiger partial charge in [-0.1, -0.05) is 11.8 Å². The molecular formula is C15H16N4OS2. The van der Waals surface area contributed by atoms with E-state index in [1.165, 1.54) is 28.7 Å². The molecule has 4 rings (SSSR count). The maximum absolute atomic E-state index is 5.72. The highest BCUT2D eigenvalue weighted by Crippen LogP contribution is 2.40. The van der Waals surface area contributed by atoms with Gasteiger partial charge in [-0.15, -0.1) is 21.5 Å². The number of aromatic nitrogens is 4. The van der Waals surface area contributed by atoms with Crippen molar-refractivity contribution in [3.8, 4) is 0 Å². The monoisotopic (exact) mass is 332 g/mol. The summed E-state index contributed by atoms with van der Waals surface area (Å²) in [6.07, 6.45) is 2.35. The van der Waals surface area contributed by atoms with Gasteiger partial charge in [0.1, 0.15) is 15.7 Å². The number of thioether (sulfide) groups is 1. The average Bonchev–Trinajstić information content (AvgIpc) is 3.16. The van der Waals surface area contributed by atoms with Crippen molar-refractivity contribution in [3.63, 3.8) is 0 Å². The highest BCUT2D eigenvalue weighted by Gasteiger charge is 2.29. The van der Waals surface area contributed by atoms with Gasteiger partial charge in [-0.3, -0.25) is 0 Å². The van der Waals surface area contributed by atoms with Crippen molar-refractivity contribution in [2.24, 2.45) is 0 Å². The van der Waals surface area contributed by atoms with Crippen LogP contribution in [0.4, 0.5) is 0 Å². The molecule has 22 heavy (non-hydrogen) atoms. The van der Waals surface area contributed by atoms with Gasteiger partial charge >= 0.3 is 0 Å². The molecule has 0 amide bonds. The van der Waals surface area contributed by atoms with E-state index < -0.39 is 0 Å². The lowest BCUT2D eigenvalue weighted by Gasteiger charge is -2.03. The Kier molecular flexibility index (Phi) is 3.41. The van der Waals surface area contributed by atoms with Gasteiger partial charge in [0.2, 0.25) is 11.8 Å². The van der Waals surface area contributed by atoms with E-state index in [0.717, 1.165) is 21.6 Å². The molecular weight excluding hydrogens is 316 g/mol. The van der Waals surface area contributed by atoms with Gasteiger partial charge in [0.05, 0.1) is 5.75 Å². The minimum absolute atomic E-state index is 0.501. The van der Waals surface area contributed by atoms with E-state index in [0.29, 0.717) is 17.6 Å². The highest BCUT2D eigenvalue weighted by atomic mass is 32.2. The van der Waals surface area contributed by atoms with Crippen molar-refractivity contribution in [2.45, 2.75) is 50.3 Å². The second kappa shape index (κ2) is 5.31. The normalized spacial score (nSPS) is 14.9. The molecule has 0 aliphatic heterocycles. The number of hydrogen-bond donors (Lipinski definition) is 0. The standard InChI is InChI=1S/C15H16N4OS2/c1-7-8(2)22-15-12(7)14(16-9(3)17-15)21-6-11-18-19-13(20-11)10-4-5-10/h10H,4-6H2,1-3H3. The summed E-state index contributed by atoms with van der Waals surface area (Å²) in [5.74, 6) is 3.43. The predicted molar refractivity (Wildman–Crippen MR) is 87.5 cm³/mol. The fourth-order valence-corrected chi connectivity index (χ4v) is 4.48. The molecule has 0 atom stereocenters. The molecule has 1 fully saturated rings. The first-order valence-corrected chi connectivity index (χ1v) is 9.11. The van der Waals surface area contributed by atoms with E-state index in [9.17, 15) is 0 Å². The van der Waals surface area contributed by atoms with Crippen molar-refractivity contribution in [1.82, 2.24) is 20.2 Å². The summed E-state index contributed by atoms with van der Waals surface area (Å²) in [7, 11) is 0. The Balaban J connectivity index is 1.62. The summed E-state index contributed by atoms with van der Waals surface area (Å²) in [6, 6.07) is 0. The second-order valence-corrected chi connectivity index (χ2v) is 7.80. The van der Waals surface area contributed by atoms with Crippen LogP contribution in [0, 0.1) is 20.8 Å². The zero-order chi connectivity index (χ0) is 15.3. The molecule has 1 saturated carbocycles. The van der Waals surface area contributed by atoms with Gasteiger partial charge in [0.15, 0.2) is 0 Å². The van der Waals surface area contributed by atoms with Crippen molar-refractivity contribution >= 4 is 33.3 Å². The maximum Gasteiger partial charge on any atom is 0.226 e. The minimum Gasteiger partial charge on any atom is -0.424 e. The molecule has 1 aliphatic rings. The van der Waals surface area contributed by atoms with Crippen molar-refractivity contribution in [3.05, 3.63) is 28.0 Å². The molecule has 0 bridgehead atoms. The molecule has 3 aromatic heterocycles. The number of aryl methyl sites for hydroxylation is 3. The highest BCUT2D eigenvalue weighted by molar-refractivity contribution is 7.98. The molecule has 0 saturated heterocycles. The van der Waals surface area contributed by atoms with Crippen molar-refractivity contribution < 1.29 is 4.42 Å². The Labute approximate surface area is 136 Å². The summed E-state index contributed by atoms with van der Waals surface area (Å²) in [5.41, 5.74) is 1.27. The first kappa shape index (κ1) is 14.1. The van der Waals surface area contributed by atoms with E-state index in [-0.39, 0.29) is 0 Å². The fraction of sp³-hybridized carbons (Fsp3) is 0.467. The third kappa shape index (κ3) is 2.52. The predicted octanol–water partition coefficient (Wildman–Crippen LogP) is 4.17. The molecule has 1 aliphatic carbocycles. The van der Waals surface area contributed by atoms with Gasteiger partial charge in [-0.2, -0.15) is 0 Å². The Hall–Kier alpha value is -1.47. The zero-order valence-electron chi connectivity index (χ0n) is 12.7. The third-order valence-corrected chi connectivity index (χ3v) is 5.91. The summed E-state index contributed by atoms with van der Waals surface area (Å²) >= 11 is 3.38. The third-order valence-electron chi connectivity index (χ3n) is 3.85. The lowest BCUT2D eigenvalue weighted by atomic mass is 10.2. The molecule has 5 nitrogen and oxygen atoms in total. The van der Waals surface area contributed by atoms with E-state index in [1.807, 2.05) is 6.92 Å². The number of fused-ring (bicyclic) bond motifs is 1. The smallest absolute Gasteiger partial charge is 0.226 e. The molecule has 0 radical (unpaired) electrons. The summed E-state index contributed by atoms with van der Waals surface area (Å²) in [4.78, 5) is 11.5. The van der Waals surface area contributed by atoms with Crippen LogP contribution in [0.3, 0.4) is 0 Å². The lowest BCUT2D eigenvalue weighted by Crippen LogP contribution is -1.92. The molecule has 3 heterocycles.